The Morgan fingerprint density at radius 3 is 2.71 bits per heavy atom. The number of hydrogen-bond donors (Lipinski definition) is 2. The Morgan fingerprint density at radius 2 is 1.90 bits per heavy atom. The van der Waals surface area contributed by atoms with Crippen LogP contribution in [-0.2, 0) is 0 Å². The molecule has 31 heavy (non-hydrogen) atoms. The van der Waals surface area contributed by atoms with Gasteiger partial charge in [-0.1, -0.05) is 46.3 Å². The number of aromatic hydroxyl groups is 1. The third-order valence-corrected chi connectivity index (χ3v) is 5.82. The van der Waals surface area contributed by atoms with Crippen LogP contribution in [0.5, 0.6) is 17.2 Å². The Hall–Kier alpha value is -2.83. The lowest BCUT2D eigenvalue weighted by molar-refractivity contribution is 0.327. The first kappa shape index (κ1) is 21.4. The highest BCUT2D eigenvalue weighted by Gasteiger charge is 2.29. The van der Waals surface area contributed by atoms with E-state index in [4.69, 9.17) is 14.5 Å². The van der Waals surface area contributed by atoms with E-state index in [9.17, 15) is 5.11 Å². The molecule has 0 aromatic heterocycles. The van der Waals surface area contributed by atoms with E-state index < -0.39 is 0 Å². The molecule has 0 fully saturated rings. The van der Waals surface area contributed by atoms with Crippen LogP contribution in [0, 0.1) is 0 Å². The van der Waals surface area contributed by atoms with Gasteiger partial charge in [-0.25, -0.2) is 0 Å². The lowest BCUT2D eigenvalue weighted by Gasteiger charge is -2.31. The molecular formula is C25H25BrN2O3. The number of ether oxygens (including phenoxy) is 2. The van der Waals surface area contributed by atoms with Crippen molar-refractivity contribution in [3.63, 3.8) is 0 Å². The van der Waals surface area contributed by atoms with Crippen molar-refractivity contribution in [3.8, 4) is 17.2 Å². The zero-order valence-electron chi connectivity index (χ0n) is 17.5. The second-order valence-corrected chi connectivity index (χ2v) is 8.22. The molecule has 5 nitrogen and oxygen atoms in total. The van der Waals surface area contributed by atoms with Gasteiger partial charge in [0.05, 0.1) is 13.7 Å². The smallest absolute Gasteiger partial charge is 0.129 e. The van der Waals surface area contributed by atoms with E-state index in [2.05, 4.69) is 21.2 Å². The van der Waals surface area contributed by atoms with E-state index in [0.29, 0.717) is 13.0 Å². The number of benzene rings is 3. The second kappa shape index (κ2) is 9.54. The SMILES string of the molecule is CCOc1ccccc1[C@H]1N=C(c2cccc(OC)c2)C[C@H](c2cc(Br)ccc2O)N1. The number of rotatable bonds is 6. The number of methoxy groups -OCH3 is 1. The van der Waals surface area contributed by atoms with Crippen LogP contribution in [0.25, 0.3) is 0 Å². The maximum Gasteiger partial charge on any atom is 0.129 e. The van der Waals surface area contributed by atoms with E-state index in [1.165, 1.54) is 0 Å². The first-order valence-corrected chi connectivity index (χ1v) is 11.1. The summed E-state index contributed by atoms with van der Waals surface area (Å²) in [5, 5.41) is 14.2. The first-order valence-electron chi connectivity index (χ1n) is 10.3. The third kappa shape index (κ3) is 4.75. The van der Waals surface area contributed by atoms with Crippen molar-refractivity contribution in [1.29, 1.82) is 0 Å². The number of nitrogens with one attached hydrogen (secondary N) is 1. The highest BCUT2D eigenvalue weighted by molar-refractivity contribution is 9.10. The second-order valence-electron chi connectivity index (χ2n) is 7.31. The number of aliphatic imine (C=N–C) groups is 1. The molecule has 0 saturated heterocycles. The molecule has 6 heteroatoms. The summed E-state index contributed by atoms with van der Waals surface area (Å²) in [6, 6.07) is 21.2. The molecule has 1 heterocycles. The Bertz CT molecular complexity index is 1100. The minimum Gasteiger partial charge on any atom is -0.508 e. The van der Waals surface area contributed by atoms with Crippen molar-refractivity contribution >= 4 is 21.6 Å². The summed E-state index contributed by atoms with van der Waals surface area (Å²) >= 11 is 3.53. The van der Waals surface area contributed by atoms with Crippen LogP contribution >= 0.6 is 15.9 Å². The van der Waals surface area contributed by atoms with E-state index >= 15 is 0 Å². The standard InChI is InChI=1S/C25H25BrN2O3/c1-3-31-24-10-5-4-9-19(24)25-27-21(16-7-6-8-18(13-16)30-2)15-22(28-25)20-14-17(26)11-12-23(20)29/h4-14,22,25,28-29H,3,15H2,1-2H3/t22-,25+/m1/s1. The molecule has 0 bridgehead atoms. The fourth-order valence-electron chi connectivity index (χ4n) is 3.84. The Balaban J connectivity index is 1.80. The predicted molar refractivity (Wildman–Crippen MR) is 126 cm³/mol. The lowest BCUT2D eigenvalue weighted by atomic mass is 9.93. The van der Waals surface area contributed by atoms with Crippen molar-refractivity contribution < 1.29 is 14.6 Å². The monoisotopic (exact) mass is 480 g/mol. The van der Waals surface area contributed by atoms with Crippen molar-refractivity contribution in [2.45, 2.75) is 25.6 Å². The van der Waals surface area contributed by atoms with Gasteiger partial charge in [0, 0.05) is 33.8 Å². The molecule has 3 aromatic rings. The van der Waals surface area contributed by atoms with Crippen LogP contribution in [-0.4, -0.2) is 24.5 Å². The highest BCUT2D eigenvalue weighted by atomic mass is 79.9. The number of halogens is 1. The summed E-state index contributed by atoms with van der Waals surface area (Å²) in [5.41, 5.74) is 3.73. The summed E-state index contributed by atoms with van der Waals surface area (Å²) in [6.45, 7) is 2.55. The minimum absolute atomic E-state index is 0.129. The van der Waals surface area contributed by atoms with Crippen LogP contribution in [0.2, 0.25) is 0 Å². The quantitative estimate of drug-likeness (QED) is 0.468. The average molecular weight is 481 g/mol. The molecule has 0 radical (unpaired) electrons. The Kier molecular flexibility index (Phi) is 6.59. The largest absolute Gasteiger partial charge is 0.508 e. The van der Waals surface area contributed by atoms with Crippen molar-refractivity contribution in [1.82, 2.24) is 5.32 Å². The van der Waals surface area contributed by atoms with E-state index in [1.807, 2.05) is 67.6 Å². The van der Waals surface area contributed by atoms with Gasteiger partial charge in [0.25, 0.3) is 0 Å². The van der Waals surface area contributed by atoms with Gasteiger partial charge >= 0.3 is 0 Å². The molecule has 4 rings (SSSR count). The van der Waals surface area contributed by atoms with Crippen LogP contribution in [0.1, 0.15) is 42.2 Å². The van der Waals surface area contributed by atoms with Crippen LogP contribution in [0.4, 0.5) is 0 Å². The zero-order chi connectivity index (χ0) is 21.8. The van der Waals surface area contributed by atoms with Gasteiger partial charge in [-0.15, -0.1) is 0 Å². The van der Waals surface area contributed by atoms with Gasteiger partial charge in [-0.3, -0.25) is 10.3 Å². The van der Waals surface area contributed by atoms with Crippen LogP contribution in [0.3, 0.4) is 0 Å². The molecule has 2 atom stereocenters. The molecule has 1 aliphatic rings. The normalized spacial score (nSPS) is 18.4. The highest BCUT2D eigenvalue weighted by Crippen LogP contribution is 2.38. The number of para-hydroxylation sites is 1. The Labute approximate surface area is 190 Å². The number of nitrogens with zero attached hydrogens (tertiary/aromatic N) is 1. The van der Waals surface area contributed by atoms with Gasteiger partial charge in [-0.05, 0) is 48.9 Å². The van der Waals surface area contributed by atoms with Crippen LogP contribution < -0.4 is 14.8 Å². The predicted octanol–water partition coefficient (Wildman–Crippen LogP) is 5.78. The van der Waals surface area contributed by atoms with E-state index in [1.54, 1.807) is 13.2 Å². The average Bonchev–Trinajstić information content (AvgIpc) is 2.81. The zero-order valence-corrected chi connectivity index (χ0v) is 19.1. The van der Waals surface area contributed by atoms with Gasteiger partial charge in [0.2, 0.25) is 0 Å². The number of phenolic OH excluding ortho intramolecular Hbond substituents is 1. The lowest BCUT2D eigenvalue weighted by Crippen LogP contribution is -2.33. The Morgan fingerprint density at radius 1 is 1.06 bits per heavy atom. The topological polar surface area (TPSA) is 63.1 Å². The molecule has 0 saturated carbocycles. The molecule has 2 N–H and O–H groups in total. The fraction of sp³-hybridized carbons (Fsp3) is 0.240. The van der Waals surface area contributed by atoms with Gasteiger partial charge in [0.1, 0.15) is 23.4 Å². The first-order chi connectivity index (χ1) is 15.1. The summed E-state index contributed by atoms with van der Waals surface area (Å²) in [5.74, 6) is 1.84. The van der Waals surface area contributed by atoms with Gasteiger partial charge in [-0.2, -0.15) is 0 Å². The molecule has 3 aromatic carbocycles. The van der Waals surface area contributed by atoms with Crippen molar-refractivity contribution in [2.75, 3.05) is 13.7 Å². The molecular weight excluding hydrogens is 456 g/mol. The van der Waals surface area contributed by atoms with Crippen LogP contribution in [0.15, 0.2) is 76.2 Å². The fourth-order valence-corrected chi connectivity index (χ4v) is 4.22. The number of phenols is 1. The summed E-state index contributed by atoms with van der Waals surface area (Å²) in [6.07, 6.45) is 0.311. The third-order valence-electron chi connectivity index (χ3n) is 5.32. The molecule has 160 valence electrons. The van der Waals surface area contributed by atoms with Crippen molar-refractivity contribution in [3.05, 3.63) is 87.9 Å². The summed E-state index contributed by atoms with van der Waals surface area (Å²) in [4.78, 5) is 5.05. The van der Waals surface area contributed by atoms with E-state index in [0.717, 1.165) is 38.4 Å². The molecule has 0 spiro atoms. The number of hydrogen-bond acceptors (Lipinski definition) is 5. The van der Waals surface area contributed by atoms with Gasteiger partial charge in [0.15, 0.2) is 0 Å². The summed E-state index contributed by atoms with van der Waals surface area (Å²) in [7, 11) is 1.66. The molecule has 1 aliphatic heterocycles. The molecule has 0 unspecified atom stereocenters. The minimum atomic E-state index is -0.318. The summed E-state index contributed by atoms with van der Waals surface area (Å²) < 4.78 is 12.2. The molecule has 0 aliphatic carbocycles. The maximum atomic E-state index is 10.6. The van der Waals surface area contributed by atoms with E-state index in [-0.39, 0.29) is 18.0 Å². The maximum absolute atomic E-state index is 10.6. The van der Waals surface area contributed by atoms with Gasteiger partial charge < -0.3 is 14.6 Å². The molecule has 0 amide bonds. The van der Waals surface area contributed by atoms with Crippen molar-refractivity contribution in [2.24, 2.45) is 4.99 Å².